The Bertz CT molecular complexity index is 612. The van der Waals surface area contributed by atoms with E-state index in [4.69, 9.17) is 17.3 Å². The molecule has 4 N–H and O–H groups in total. The SMILES string of the molecule is Cc1cc(Br)c(NC(=O)c2nc(N)n[nH]2)cc1Cl. The summed E-state index contributed by atoms with van der Waals surface area (Å²) in [4.78, 5) is 15.5. The summed E-state index contributed by atoms with van der Waals surface area (Å²) in [5, 5.41) is 9.21. The van der Waals surface area contributed by atoms with E-state index < -0.39 is 5.91 Å². The molecule has 1 aromatic carbocycles. The van der Waals surface area contributed by atoms with Crippen LogP contribution in [0, 0.1) is 6.92 Å². The number of aromatic amines is 1. The number of anilines is 2. The summed E-state index contributed by atoms with van der Waals surface area (Å²) in [6.45, 7) is 1.87. The minimum Gasteiger partial charge on any atom is -0.366 e. The molecule has 0 saturated heterocycles. The van der Waals surface area contributed by atoms with Crippen molar-refractivity contribution in [3.05, 3.63) is 33.0 Å². The molecule has 1 amide bonds. The lowest BCUT2D eigenvalue weighted by Gasteiger charge is -2.08. The third-order valence-electron chi connectivity index (χ3n) is 2.21. The average Bonchev–Trinajstić information content (AvgIpc) is 2.73. The Morgan fingerprint density at radius 3 is 2.89 bits per heavy atom. The maximum Gasteiger partial charge on any atom is 0.293 e. The second-order valence-corrected chi connectivity index (χ2v) is 4.84. The number of nitrogen functional groups attached to an aromatic ring is 1. The number of nitrogens with one attached hydrogen (secondary N) is 2. The predicted molar refractivity (Wildman–Crippen MR) is 72.6 cm³/mol. The Morgan fingerprint density at radius 1 is 1.56 bits per heavy atom. The molecular weight excluding hydrogens is 322 g/mol. The van der Waals surface area contributed by atoms with Gasteiger partial charge in [0.2, 0.25) is 11.8 Å². The second kappa shape index (κ2) is 4.95. The normalized spacial score (nSPS) is 10.4. The van der Waals surface area contributed by atoms with Crippen LogP contribution in [0.2, 0.25) is 5.02 Å². The first-order chi connectivity index (χ1) is 8.47. The van der Waals surface area contributed by atoms with E-state index in [0.29, 0.717) is 10.7 Å². The lowest BCUT2D eigenvalue weighted by molar-refractivity contribution is 0.101. The minimum atomic E-state index is -0.445. The van der Waals surface area contributed by atoms with Crippen molar-refractivity contribution in [2.24, 2.45) is 0 Å². The van der Waals surface area contributed by atoms with Gasteiger partial charge in [0.1, 0.15) is 0 Å². The highest BCUT2D eigenvalue weighted by Crippen LogP contribution is 2.29. The zero-order valence-corrected chi connectivity index (χ0v) is 11.6. The fourth-order valence-electron chi connectivity index (χ4n) is 1.30. The van der Waals surface area contributed by atoms with Crippen LogP contribution in [-0.4, -0.2) is 21.1 Å². The molecule has 0 radical (unpaired) electrons. The molecule has 94 valence electrons. The van der Waals surface area contributed by atoms with Gasteiger partial charge in [0.05, 0.1) is 5.69 Å². The Morgan fingerprint density at radius 2 is 2.28 bits per heavy atom. The van der Waals surface area contributed by atoms with Gasteiger partial charge in [0, 0.05) is 9.50 Å². The van der Waals surface area contributed by atoms with Gasteiger partial charge in [0.15, 0.2) is 0 Å². The quantitative estimate of drug-likeness (QED) is 0.787. The van der Waals surface area contributed by atoms with Crippen LogP contribution in [0.25, 0.3) is 0 Å². The number of rotatable bonds is 2. The first-order valence-corrected chi connectivity index (χ1v) is 6.09. The summed E-state index contributed by atoms with van der Waals surface area (Å²) in [6, 6.07) is 3.46. The molecule has 0 spiro atoms. The highest BCUT2D eigenvalue weighted by atomic mass is 79.9. The van der Waals surface area contributed by atoms with Crippen LogP contribution in [-0.2, 0) is 0 Å². The van der Waals surface area contributed by atoms with Crippen LogP contribution >= 0.6 is 27.5 Å². The van der Waals surface area contributed by atoms with E-state index in [-0.39, 0.29) is 11.8 Å². The number of H-pyrrole nitrogens is 1. The highest BCUT2D eigenvalue weighted by Gasteiger charge is 2.13. The number of carbonyl (C=O) groups excluding carboxylic acids is 1. The zero-order chi connectivity index (χ0) is 13.3. The first-order valence-electron chi connectivity index (χ1n) is 4.92. The van der Waals surface area contributed by atoms with Gasteiger partial charge in [0.25, 0.3) is 5.91 Å². The number of aromatic nitrogens is 3. The third kappa shape index (κ3) is 2.62. The molecule has 6 nitrogen and oxygen atoms in total. The molecule has 1 heterocycles. The molecular formula is C10H9BrClN5O. The molecule has 0 saturated carbocycles. The van der Waals surface area contributed by atoms with Gasteiger partial charge in [-0.25, -0.2) is 0 Å². The topological polar surface area (TPSA) is 96.7 Å². The van der Waals surface area contributed by atoms with E-state index >= 15 is 0 Å². The van der Waals surface area contributed by atoms with E-state index in [1.165, 1.54) is 0 Å². The van der Waals surface area contributed by atoms with Gasteiger partial charge in [-0.1, -0.05) is 11.6 Å². The Balaban J connectivity index is 2.24. The van der Waals surface area contributed by atoms with Crippen molar-refractivity contribution in [2.75, 3.05) is 11.1 Å². The minimum absolute atomic E-state index is 0.0150. The number of nitrogens with zero attached hydrogens (tertiary/aromatic N) is 2. The van der Waals surface area contributed by atoms with Gasteiger partial charge >= 0.3 is 0 Å². The lowest BCUT2D eigenvalue weighted by atomic mass is 10.2. The van der Waals surface area contributed by atoms with Crippen molar-refractivity contribution in [3.63, 3.8) is 0 Å². The molecule has 8 heteroatoms. The Labute approximate surface area is 116 Å². The van der Waals surface area contributed by atoms with Gasteiger partial charge < -0.3 is 11.1 Å². The number of aryl methyl sites for hydroxylation is 1. The molecule has 18 heavy (non-hydrogen) atoms. The molecule has 0 unspecified atom stereocenters. The molecule has 2 rings (SSSR count). The largest absolute Gasteiger partial charge is 0.366 e. The number of hydrogen-bond donors (Lipinski definition) is 3. The third-order valence-corrected chi connectivity index (χ3v) is 3.28. The van der Waals surface area contributed by atoms with E-state index in [0.717, 1.165) is 10.0 Å². The molecule has 0 fully saturated rings. The van der Waals surface area contributed by atoms with Crippen LogP contribution in [0.5, 0.6) is 0 Å². The summed E-state index contributed by atoms with van der Waals surface area (Å²) in [7, 11) is 0. The maximum absolute atomic E-state index is 11.8. The van der Waals surface area contributed by atoms with Crippen molar-refractivity contribution < 1.29 is 4.79 Å². The van der Waals surface area contributed by atoms with Crippen molar-refractivity contribution in [3.8, 4) is 0 Å². The second-order valence-electron chi connectivity index (χ2n) is 3.58. The highest BCUT2D eigenvalue weighted by molar-refractivity contribution is 9.10. The van der Waals surface area contributed by atoms with E-state index in [9.17, 15) is 4.79 Å². The predicted octanol–water partition coefficient (Wildman–Crippen LogP) is 2.36. The van der Waals surface area contributed by atoms with E-state index in [1.54, 1.807) is 6.07 Å². The molecule has 0 atom stereocenters. The first kappa shape index (κ1) is 12.8. The summed E-state index contributed by atoms with van der Waals surface area (Å²) < 4.78 is 0.727. The van der Waals surface area contributed by atoms with Crippen molar-refractivity contribution in [1.29, 1.82) is 0 Å². The van der Waals surface area contributed by atoms with Crippen LogP contribution in [0.4, 0.5) is 11.6 Å². The number of nitrogens with two attached hydrogens (primary N) is 1. The van der Waals surface area contributed by atoms with Gasteiger partial charge in [-0.15, -0.1) is 5.10 Å². The van der Waals surface area contributed by atoms with Gasteiger partial charge in [-0.3, -0.25) is 9.89 Å². The number of amides is 1. The van der Waals surface area contributed by atoms with Crippen LogP contribution in [0.15, 0.2) is 16.6 Å². The molecule has 2 aromatic rings. The van der Waals surface area contributed by atoms with Crippen LogP contribution in [0.3, 0.4) is 0 Å². The number of carbonyl (C=O) groups is 1. The maximum atomic E-state index is 11.8. The Kier molecular flexibility index (Phi) is 3.53. The van der Waals surface area contributed by atoms with Crippen LogP contribution in [0.1, 0.15) is 16.2 Å². The molecule has 0 aliphatic heterocycles. The van der Waals surface area contributed by atoms with E-state index in [2.05, 4.69) is 36.4 Å². The average molecular weight is 331 g/mol. The Hall–Kier alpha value is -1.60. The molecule has 0 aliphatic carbocycles. The van der Waals surface area contributed by atoms with Gasteiger partial charge in [-0.05, 0) is 40.5 Å². The lowest BCUT2D eigenvalue weighted by Crippen LogP contribution is -2.14. The smallest absolute Gasteiger partial charge is 0.293 e. The zero-order valence-electron chi connectivity index (χ0n) is 9.29. The fourth-order valence-corrected chi connectivity index (χ4v) is 2.02. The summed E-state index contributed by atoms with van der Waals surface area (Å²) in [5.74, 6) is -0.392. The summed E-state index contributed by atoms with van der Waals surface area (Å²) in [6.07, 6.45) is 0. The van der Waals surface area contributed by atoms with E-state index in [1.807, 2.05) is 13.0 Å². The molecule has 1 aromatic heterocycles. The monoisotopic (exact) mass is 329 g/mol. The summed E-state index contributed by atoms with van der Waals surface area (Å²) in [5.41, 5.74) is 6.77. The number of benzene rings is 1. The van der Waals surface area contributed by atoms with Crippen molar-refractivity contribution >= 4 is 45.1 Å². The van der Waals surface area contributed by atoms with Gasteiger partial charge in [-0.2, -0.15) is 4.98 Å². The van der Waals surface area contributed by atoms with Crippen molar-refractivity contribution in [1.82, 2.24) is 15.2 Å². The van der Waals surface area contributed by atoms with Crippen LogP contribution < -0.4 is 11.1 Å². The summed E-state index contributed by atoms with van der Waals surface area (Å²) >= 11 is 9.33. The fraction of sp³-hybridized carbons (Fsp3) is 0.100. The molecule has 0 aliphatic rings. The standard InChI is InChI=1S/C10H9BrClN5O/c1-4-2-5(11)7(3-6(4)12)14-9(18)8-15-10(13)17-16-8/h2-3H,1H3,(H,14,18)(H3,13,15,16,17). The molecule has 0 bridgehead atoms. The number of halogens is 2. The number of hydrogen-bond acceptors (Lipinski definition) is 4. The van der Waals surface area contributed by atoms with Crippen molar-refractivity contribution in [2.45, 2.75) is 6.92 Å².